The fraction of sp³-hybridized carbons (Fsp3) is 0.522. The van der Waals surface area contributed by atoms with Crippen LogP contribution in [-0.2, 0) is 29.4 Å². The maximum Gasteiger partial charge on any atom is 0.324 e. The Kier molecular flexibility index (Phi) is 6.47. The van der Waals surface area contributed by atoms with Crippen molar-refractivity contribution in [2.24, 2.45) is 11.3 Å². The first-order valence-electron chi connectivity index (χ1n) is 10.7. The third-order valence-corrected chi connectivity index (χ3v) is 6.98. The lowest BCUT2D eigenvalue weighted by molar-refractivity contribution is -0.160. The molecule has 7 nitrogen and oxygen atoms in total. The summed E-state index contributed by atoms with van der Waals surface area (Å²) < 4.78 is 16.9. The van der Waals surface area contributed by atoms with E-state index in [4.69, 9.17) is 25.8 Å². The van der Waals surface area contributed by atoms with E-state index >= 15 is 0 Å². The second-order valence-electron chi connectivity index (χ2n) is 9.01. The van der Waals surface area contributed by atoms with E-state index in [1.807, 2.05) is 23.6 Å². The Balaban J connectivity index is 1.44. The van der Waals surface area contributed by atoms with E-state index in [1.54, 1.807) is 13.0 Å². The minimum absolute atomic E-state index is 0.190. The molecule has 2 fully saturated rings. The zero-order valence-electron chi connectivity index (χ0n) is 18.4. The second-order valence-corrected chi connectivity index (χ2v) is 10.3. The van der Waals surface area contributed by atoms with Crippen LogP contribution in [0.2, 0.25) is 5.02 Å². The molecule has 1 aromatic heterocycles. The van der Waals surface area contributed by atoms with E-state index in [2.05, 4.69) is 24.1 Å². The van der Waals surface area contributed by atoms with Crippen molar-refractivity contribution in [3.63, 3.8) is 0 Å². The molecule has 1 N–H and O–H groups in total. The SMILES string of the molecule is CC(C)CCOC[C@H]1C[C@]2(C[C@@](C)(c3csc(Nc4ccccc4Cl)n3)OC2=O)C(=O)O1. The summed E-state index contributed by atoms with van der Waals surface area (Å²) in [5, 5.41) is 6.22. The molecule has 0 amide bonds. The molecule has 2 saturated heterocycles. The van der Waals surface area contributed by atoms with Gasteiger partial charge in [-0.1, -0.05) is 37.6 Å². The van der Waals surface area contributed by atoms with Crippen molar-refractivity contribution >= 4 is 45.7 Å². The molecule has 172 valence electrons. The lowest BCUT2D eigenvalue weighted by atomic mass is 9.78. The molecule has 3 atom stereocenters. The molecular weight excluding hydrogens is 452 g/mol. The van der Waals surface area contributed by atoms with Crippen LogP contribution in [0.25, 0.3) is 0 Å². The van der Waals surface area contributed by atoms with E-state index in [1.165, 1.54) is 11.3 Å². The summed E-state index contributed by atoms with van der Waals surface area (Å²) in [4.78, 5) is 30.2. The van der Waals surface area contributed by atoms with Crippen molar-refractivity contribution in [1.82, 2.24) is 4.98 Å². The van der Waals surface area contributed by atoms with Gasteiger partial charge >= 0.3 is 11.9 Å². The van der Waals surface area contributed by atoms with Crippen LogP contribution in [-0.4, -0.2) is 36.2 Å². The second kappa shape index (κ2) is 9.00. The van der Waals surface area contributed by atoms with Gasteiger partial charge in [0, 0.05) is 24.8 Å². The van der Waals surface area contributed by atoms with E-state index in [9.17, 15) is 9.59 Å². The smallest absolute Gasteiger partial charge is 0.324 e. The summed E-state index contributed by atoms with van der Waals surface area (Å²) >= 11 is 7.59. The Morgan fingerprint density at radius 2 is 2.09 bits per heavy atom. The number of carbonyl (C=O) groups is 2. The summed E-state index contributed by atoms with van der Waals surface area (Å²) in [7, 11) is 0. The monoisotopic (exact) mass is 478 g/mol. The highest BCUT2D eigenvalue weighted by atomic mass is 35.5. The minimum Gasteiger partial charge on any atom is -0.459 e. The maximum atomic E-state index is 12.9. The van der Waals surface area contributed by atoms with Crippen LogP contribution < -0.4 is 5.32 Å². The Labute approximate surface area is 196 Å². The van der Waals surface area contributed by atoms with Gasteiger partial charge in [0.2, 0.25) is 0 Å². The summed E-state index contributed by atoms with van der Waals surface area (Å²) in [6.45, 7) is 6.91. The molecule has 2 aliphatic rings. The predicted molar refractivity (Wildman–Crippen MR) is 122 cm³/mol. The molecule has 0 radical (unpaired) electrons. The highest BCUT2D eigenvalue weighted by Crippen LogP contribution is 2.52. The fourth-order valence-electron chi connectivity index (χ4n) is 4.10. The molecule has 9 heteroatoms. The van der Waals surface area contributed by atoms with Crippen molar-refractivity contribution in [3.8, 4) is 0 Å². The van der Waals surface area contributed by atoms with Crippen molar-refractivity contribution in [2.45, 2.75) is 51.7 Å². The number of halogens is 1. The molecule has 0 saturated carbocycles. The number of rotatable bonds is 8. The van der Waals surface area contributed by atoms with Crippen LogP contribution in [0.1, 0.15) is 45.7 Å². The van der Waals surface area contributed by atoms with Crippen molar-refractivity contribution in [3.05, 3.63) is 40.4 Å². The quantitative estimate of drug-likeness (QED) is 0.322. The molecule has 2 aromatic rings. The number of para-hydroxylation sites is 1. The van der Waals surface area contributed by atoms with Crippen LogP contribution in [0, 0.1) is 11.3 Å². The number of hydrogen-bond acceptors (Lipinski definition) is 8. The number of carbonyl (C=O) groups excluding carboxylic acids is 2. The standard InChI is InChI=1S/C23H27ClN2O5S/c1-14(2)8-9-29-11-15-10-23(19(27)30-15)13-22(3,31-20(23)28)18-12-32-21(26-18)25-17-7-5-4-6-16(17)24/h4-7,12,14-15H,8-11,13H2,1-3H3,(H,25,26)/t15-,22+,23+/m1/s1. The maximum absolute atomic E-state index is 12.9. The van der Waals surface area contributed by atoms with Crippen LogP contribution in [0.15, 0.2) is 29.6 Å². The zero-order valence-corrected chi connectivity index (χ0v) is 19.9. The molecule has 2 aliphatic heterocycles. The number of nitrogens with one attached hydrogen (secondary N) is 1. The van der Waals surface area contributed by atoms with Gasteiger partial charge in [-0.25, -0.2) is 4.98 Å². The molecule has 4 rings (SSSR count). The van der Waals surface area contributed by atoms with E-state index in [0.717, 1.165) is 12.1 Å². The first kappa shape index (κ1) is 23.0. The molecule has 1 spiro atoms. The molecule has 0 bridgehead atoms. The highest BCUT2D eigenvalue weighted by Gasteiger charge is 2.65. The lowest BCUT2D eigenvalue weighted by Gasteiger charge is -2.20. The highest BCUT2D eigenvalue weighted by molar-refractivity contribution is 7.13. The number of cyclic esters (lactones) is 2. The van der Waals surface area contributed by atoms with Gasteiger partial charge in [-0.3, -0.25) is 9.59 Å². The van der Waals surface area contributed by atoms with E-state index in [-0.39, 0.29) is 19.4 Å². The Morgan fingerprint density at radius 3 is 2.84 bits per heavy atom. The first-order chi connectivity index (χ1) is 15.2. The largest absolute Gasteiger partial charge is 0.459 e. The minimum atomic E-state index is -1.30. The summed E-state index contributed by atoms with van der Waals surface area (Å²) in [6, 6.07) is 7.37. The first-order valence-corrected chi connectivity index (χ1v) is 12.0. The number of ether oxygens (including phenoxy) is 3. The average Bonchev–Trinajstić information content (AvgIpc) is 3.39. The number of benzene rings is 1. The van der Waals surface area contributed by atoms with Crippen LogP contribution in [0.5, 0.6) is 0 Å². The Bertz CT molecular complexity index is 1010. The third kappa shape index (κ3) is 4.49. The molecular formula is C23H27ClN2O5S. The van der Waals surface area contributed by atoms with E-state index in [0.29, 0.717) is 28.4 Å². The predicted octanol–water partition coefficient (Wildman–Crippen LogP) is 5.07. The molecule has 1 aromatic carbocycles. The molecule has 32 heavy (non-hydrogen) atoms. The van der Waals surface area contributed by atoms with Gasteiger partial charge in [0.1, 0.15) is 6.10 Å². The van der Waals surface area contributed by atoms with Gasteiger partial charge in [0.25, 0.3) is 0 Å². The van der Waals surface area contributed by atoms with Crippen molar-refractivity contribution < 1.29 is 23.8 Å². The fourth-order valence-corrected chi connectivity index (χ4v) is 5.12. The van der Waals surface area contributed by atoms with Gasteiger partial charge in [-0.2, -0.15) is 0 Å². The third-order valence-electron chi connectivity index (χ3n) is 5.89. The van der Waals surface area contributed by atoms with Crippen molar-refractivity contribution in [2.75, 3.05) is 18.5 Å². The van der Waals surface area contributed by atoms with Gasteiger partial charge in [-0.15, -0.1) is 11.3 Å². The number of thiazole rings is 1. The van der Waals surface area contributed by atoms with Crippen molar-refractivity contribution in [1.29, 1.82) is 0 Å². The normalized spacial score (nSPS) is 27.2. The Morgan fingerprint density at radius 1 is 1.31 bits per heavy atom. The van der Waals surface area contributed by atoms with Gasteiger partial charge in [0.15, 0.2) is 16.1 Å². The molecule has 0 unspecified atom stereocenters. The van der Waals surface area contributed by atoms with Gasteiger partial charge in [-0.05, 0) is 31.4 Å². The Hall–Kier alpha value is -2.16. The number of nitrogens with zero attached hydrogens (tertiary/aromatic N) is 1. The number of hydrogen-bond donors (Lipinski definition) is 1. The van der Waals surface area contributed by atoms with E-state index < -0.39 is 29.1 Å². The summed E-state index contributed by atoms with van der Waals surface area (Å²) in [5.74, 6) is -0.551. The summed E-state index contributed by atoms with van der Waals surface area (Å²) in [6.07, 6.45) is 0.935. The number of anilines is 2. The van der Waals surface area contributed by atoms with Crippen LogP contribution in [0.4, 0.5) is 10.8 Å². The number of esters is 2. The van der Waals surface area contributed by atoms with Gasteiger partial charge in [0.05, 0.1) is 23.0 Å². The van der Waals surface area contributed by atoms with Crippen LogP contribution in [0.3, 0.4) is 0 Å². The van der Waals surface area contributed by atoms with Gasteiger partial charge < -0.3 is 19.5 Å². The molecule has 3 heterocycles. The average molecular weight is 479 g/mol. The zero-order chi connectivity index (χ0) is 22.9. The lowest BCUT2D eigenvalue weighted by Crippen LogP contribution is -2.32. The topological polar surface area (TPSA) is 86.8 Å². The summed E-state index contributed by atoms with van der Waals surface area (Å²) in [5.41, 5.74) is -0.993. The number of aromatic nitrogens is 1. The molecule has 0 aliphatic carbocycles. The van der Waals surface area contributed by atoms with Crippen LogP contribution >= 0.6 is 22.9 Å².